The van der Waals surface area contributed by atoms with Gasteiger partial charge in [-0.15, -0.1) is 0 Å². The van der Waals surface area contributed by atoms with Gasteiger partial charge in [0.1, 0.15) is 97.7 Å². The molecule has 0 aromatic carbocycles. The highest BCUT2D eigenvalue weighted by Gasteiger charge is 2.73. The van der Waals surface area contributed by atoms with Gasteiger partial charge in [-0.3, -0.25) is 14.4 Å². The van der Waals surface area contributed by atoms with Crippen molar-refractivity contribution in [1.82, 2.24) is 0 Å². The summed E-state index contributed by atoms with van der Waals surface area (Å²) in [6.45, 7) is 12.4. The topological polar surface area (TPSA) is 418 Å². The van der Waals surface area contributed by atoms with Crippen LogP contribution in [0.3, 0.4) is 0 Å². The van der Waals surface area contributed by atoms with Gasteiger partial charge in [0.05, 0.1) is 36.8 Å². The van der Waals surface area contributed by atoms with Crippen molar-refractivity contribution in [2.24, 2.45) is 50.2 Å². The van der Waals surface area contributed by atoms with E-state index in [2.05, 4.69) is 40.7 Å². The maximum Gasteiger partial charge on any atom is 0.315 e. The molecular formula is C56H88O26. The van der Waals surface area contributed by atoms with Gasteiger partial charge >= 0.3 is 17.9 Å². The molecule has 4 aliphatic heterocycles. The van der Waals surface area contributed by atoms with Crippen molar-refractivity contribution < 1.29 is 129 Å². The SMILES string of the molecule is CC(=O)O[C@H]1C[C@@]2(C)[C@@H](CC[C@]3(C)[C@@H]2CC=C2[C@@H]4CC(C)(C)CC[C@]4(C(=O)O[C@@H]4O[C@H](CO[C@@H]5O[C@H](CO)[C@@H](O[C@@H]6O[C@@H](C)[C@H](O)[C@@H](O)[C@H]6O)[C@H](O)[C@H]5O)[C@@H](O)[C@H](O)[C@H]4O[C@@H]4O[C@H](CO)[C@@H](O)[C@H](O)[C@H]4O)CC[C@]23C)[C@](C)(C(=O)O)[C@H]1O. The van der Waals surface area contributed by atoms with Crippen LogP contribution in [0, 0.1) is 50.2 Å². The van der Waals surface area contributed by atoms with Gasteiger partial charge in [0.2, 0.25) is 6.29 Å². The van der Waals surface area contributed by atoms with Crippen molar-refractivity contribution >= 4 is 17.9 Å². The summed E-state index contributed by atoms with van der Waals surface area (Å²) in [7, 11) is 0. The van der Waals surface area contributed by atoms with E-state index in [1.54, 1.807) is 6.92 Å². The fourth-order valence-electron chi connectivity index (χ4n) is 16.6. The number of aliphatic carboxylic acids is 1. The molecule has 0 bridgehead atoms. The minimum atomic E-state index is -2.08. The Hall–Kier alpha value is -2.65. The first-order valence-electron chi connectivity index (χ1n) is 28.8. The molecule has 82 heavy (non-hydrogen) atoms. The van der Waals surface area contributed by atoms with Crippen LogP contribution in [0.15, 0.2) is 11.6 Å². The van der Waals surface area contributed by atoms with Crippen molar-refractivity contribution in [2.45, 2.75) is 248 Å². The van der Waals surface area contributed by atoms with Crippen molar-refractivity contribution in [3.63, 3.8) is 0 Å². The second-order valence-electron chi connectivity index (χ2n) is 26.8. The summed E-state index contributed by atoms with van der Waals surface area (Å²) >= 11 is 0. The lowest BCUT2D eigenvalue weighted by atomic mass is 9.33. The number of hydrogen-bond acceptors (Lipinski definition) is 25. The number of carboxylic acids is 1. The summed E-state index contributed by atoms with van der Waals surface area (Å²) in [5, 5.41) is 153. The van der Waals surface area contributed by atoms with Crippen molar-refractivity contribution in [3.05, 3.63) is 11.6 Å². The van der Waals surface area contributed by atoms with Crippen molar-refractivity contribution in [1.29, 1.82) is 0 Å². The Kier molecular flexibility index (Phi) is 18.0. The third-order valence-electron chi connectivity index (χ3n) is 21.8. The van der Waals surface area contributed by atoms with Gasteiger partial charge in [-0.25, -0.2) is 0 Å². The number of carboxylic acid groups (broad SMARTS) is 1. The number of rotatable bonds is 13. The Bertz CT molecular complexity index is 2360. The van der Waals surface area contributed by atoms with E-state index >= 15 is 4.79 Å². The molecule has 8 fully saturated rings. The van der Waals surface area contributed by atoms with Crippen LogP contribution in [0.2, 0.25) is 0 Å². The molecule has 26 nitrogen and oxygen atoms in total. The molecule has 9 aliphatic rings. The Morgan fingerprint density at radius 3 is 1.79 bits per heavy atom. The Morgan fingerprint density at radius 2 is 1.16 bits per heavy atom. The zero-order valence-electron chi connectivity index (χ0n) is 47.7. The number of aliphatic hydroxyl groups is 13. The number of ether oxygens (including phenoxy) is 9. The van der Waals surface area contributed by atoms with E-state index in [1.807, 2.05) is 0 Å². The fourth-order valence-corrected chi connectivity index (χ4v) is 16.6. The smallest absolute Gasteiger partial charge is 0.315 e. The number of carbonyl (C=O) groups is 3. The van der Waals surface area contributed by atoms with Crippen LogP contribution in [0.5, 0.6) is 0 Å². The molecule has 0 spiro atoms. The van der Waals surface area contributed by atoms with Gasteiger partial charge in [0, 0.05) is 6.92 Å². The molecule has 5 aliphatic carbocycles. The molecule has 0 aromatic heterocycles. The Balaban J connectivity index is 0.998. The first-order chi connectivity index (χ1) is 38.3. The number of esters is 2. The highest BCUT2D eigenvalue weighted by Crippen LogP contribution is 2.76. The minimum absolute atomic E-state index is 0.150. The lowest BCUT2D eigenvalue weighted by molar-refractivity contribution is -0.373. The minimum Gasteiger partial charge on any atom is -0.481 e. The van der Waals surface area contributed by atoms with E-state index in [9.17, 15) is 81.1 Å². The van der Waals surface area contributed by atoms with Gasteiger partial charge in [0.15, 0.2) is 25.0 Å². The summed E-state index contributed by atoms with van der Waals surface area (Å²) in [6.07, 6.45) is -31.7. The van der Waals surface area contributed by atoms with Gasteiger partial charge < -0.3 is 114 Å². The van der Waals surface area contributed by atoms with E-state index in [4.69, 9.17) is 42.6 Å². The summed E-state index contributed by atoms with van der Waals surface area (Å²) in [5.74, 6) is -3.64. The van der Waals surface area contributed by atoms with Gasteiger partial charge in [-0.05, 0) is 111 Å². The van der Waals surface area contributed by atoms with E-state index in [1.165, 1.54) is 13.8 Å². The number of hydrogen-bond donors (Lipinski definition) is 14. The number of aliphatic hydroxyl groups excluding tert-OH is 13. The third-order valence-corrected chi connectivity index (χ3v) is 21.8. The van der Waals surface area contributed by atoms with Gasteiger partial charge in [-0.2, -0.15) is 0 Å². The van der Waals surface area contributed by atoms with E-state index in [0.29, 0.717) is 44.9 Å². The van der Waals surface area contributed by atoms with E-state index in [-0.39, 0.29) is 24.2 Å². The number of allylic oxidation sites excluding steroid dienone is 2. The standard InChI is InChI=1S/C56H88O26/c1-22-32(60)35(63)39(67)46(75-22)80-42-28(20-58)78-45(41(69)38(42)66)74-21-29-34(62)37(65)43(81-47-40(68)36(64)33(61)27(19-57)77-47)48(79-29)82-50(73)56-15-13-51(3,4)17-25(56)24-9-10-30-52(5)18-26(76-23(2)59)44(70)55(8,49(71)72)31(52)11-12-54(30,7)53(24,6)14-16-56/h9,22,25-48,57-58,60-70H,10-21H2,1-8H3,(H,71,72)/t22-,25-,26-,27+,28+,29+,30+,31+,32-,33+,34+,35+,36-,37-,38+,39+,40+,41+,42+,43+,44-,45+,46-,47-,48-,52+,53+,54+,55-,56-/m0/s1. The van der Waals surface area contributed by atoms with Crippen LogP contribution in [0.4, 0.5) is 0 Å². The Morgan fingerprint density at radius 1 is 0.598 bits per heavy atom. The first kappa shape index (κ1) is 63.8. The number of carbonyl (C=O) groups excluding carboxylic acids is 2. The predicted molar refractivity (Wildman–Crippen MR) is 274 cm³/mol. The monoisotopic (exact) mass is 1180 g/mol. The highest BCUT2D eigenvalue weighted by molar-refractivity contribution is 5.79. The summed E-state index contributed by atoms with van der Waals surface area (Å²) in [5.41, 5.74) is -3.93. The molecule has 468 valence electrons. The molecule has 26 heteroatoms. The fraction of sp³-hybridized carbons (Fsp3) is 0.911. The molecule has 4 heterocycles. The summed E-state index contributed by atoms with van der Waals surface area (Å²) < 4.78 is 52.9. The van der Waals surface area contributed by atoms with Crippen LogP contribution in [-0.2, 0) is 57.0 Å². The zero-order chi connectivity index (χ0) is 60.3. The van der Waals surface area contributed by atoms with Crippen molar-refractivity contribution in [3.8, 4) is 0 Å². The molecule has 0 aromatic rings. The van der Waals surface area contributed by atoms with Crippen LogP contribution < -0.4 is 0 Å². The van der Waals surface area contributed by atoms with Gasteiger partial charge in [-0.1, -0.05) is 46.3 Å². The van der Waals surface area contributed by atoms with Crippen LogP contribution in [0.1, 0.15) is 113 Å². The quantitative estimate of drug-likeness (QED) is 0.0675. The van der Waals surface area contributed by atoms with Crippen molar-refractivity contribution in [2.75, 3.05) is 19.8 Å². The molecule has 14 N–H and O–H groups in total. The zero-order valence-corrected chi connectivity index (χ0v) is 47.7. The largest absolute Gasteiger partial charge is 0.481 e. The lowest BCUT2D eigenvalue weighted by Gasteiger charge is -2.71. The predicted octanol–water partition coefficient (Wildman–Crippen LogP) is -2.40. The normalized spacial score (nSPS) is 52.8. The second kappa shape index (κ2) is 23.1. The molecule has 30 atom stereocenters. The Labute approximate surface area is 475 Å². The molecular weight excluding hydrogens is 1090 g/mol. The average Bonchev–Trinajstić information content (AvgIpc) is 0.740. The maximum absolute atomic E-state index is 15.7. The van der Waals surface area contributed by atoms with E-state index in [0.717, 1.165) is 5.57 Å². The third kappa shape index (κ3) is 10.4. The van der Waals surface area contributed by atoms with E-state index < -0.39 is 212 Å². The first-order valence-corrected chi connectivity index (χ1v) is 28.8. The van der Waals surface area contributed by atoms with Crippen LogP contribution in [0.25, 0.3) is 0 Å². The molecule has 9 rings (SSSR count). The average molecular weight is 1180 g/mol. The molecule has 0 radical (unpaired) electrons. The second-order valence-corrected chi connectivity index (χ2v) is 26.8. The molecule has 0 unspecified atom stereocenters. The van der Waals surface area contributed by atoms with Crippen LogP contribution >= 0.6 is 0 Å². The van der Waals surface area contributed by atoms with Crippen LogP contribution in [-0.4, -0.2) is 244 Å². The molecule has 4 saturated heterocycles. The van der Waals surface area contributed by atoms with Gasteiger partial charge in [0.25, 0.3) is 0 Å². The summed E-state index contributed by atoms with van der Waals surface area (Å²) in [4.78, 5) is 41.4. The highest BCUT2D eigenvalue weighted by atomic mass is 16.8. The molecule has 0 amide bonds. The number of fused-ring (bicyclic) bond motifs is 7. The molecule has 4 saturated carbocycles. The summed E-state index contributed by atoms with van der Waals surface area (Å²) in [6, 6.07) is 0. The maximum atomic E-state index is 15.7. The lowest BCUT2D eigenvalue weighted by Crippen LogP contribution is -2.69.